The standard InChI is InChI=1S/C29H29NO8/c31-18-19-36-24-15-9-12-22(20-24)27(38-29(35)30-28(34)21-10-3-1-4-11-21)25(16-7-8-17-26(32)33)37-23-13-5-2-6-14-23/h1-6,8-15,17,20,25,27,31H,7,16,18-19H2,(H,32,33)(H,30,34,35)/b17-8+/t25-,27-/m1/s1. The van der Waals surface area contributed by atoms with Gasteiger partial charge in [0.15, 0.2) is 6.10 Å². The molecular weight excluding hydrogens is 490 g/mol. The Morgan fingerprint density at radius 2 is 1.58 bits per heavy atom. The number of rotatable bonds is 13. The smallest absolute Gasteiger partial charge is 0.414 e. The molecule has 0 fully saturated rings. The second-order valence-electron chi connectivity index (χ2n) is 8.08. The summed E-state index contributed by atoms with van der Waals surface area (Å²) in [5.74, 6) is -0.748. The summed E-state index contributed by atoms with van der Waals surface area (Å²) in [7, 11) is 0. The fraction of sp³-hybridized carbons (Fsp3) is 0.207. The van der Waals surface area contributed by atoms with Gasteiger partial charge in [0, 0.05) is 11.6 Å². The van der Waals surface area contributed by atoms with E-state index in [1.54, 1.807) is 78.9 Å². The van der Waals surface area contributed by atoms with Gasteiger partial charge in [-0.1, -0.05) is 54.6 Å². The molecular formula is C29H29NO8. The minimum absolute atomic E-state index is 0.0744. The first-order chi connectivity index (χ1) is 18.5. The number of hydrogen-bond acceptors (Lipinski definition) is 7. The maximum absolute atomic E-state index is 12.9. The van der Waals surface area contributed by atoms with Crippen molar-refractivity contribution < 1.29 is 38.8 Å². The minimum atomic E-state index is -1.08. The first kappa shape index (κ1) is 27.9. The Bertz CT molecular complexity index is 1210. The predicted molar refractivity (Wildman–Crippen MR) is 139 cm³/mol. The lowest BCUT2D eigenvalue weighted by atomic mass is 9.99. The van der Waals surface area contributed by atoms with Gasteiger partial charge in [-0.2, -0.15) is 0 Å². The maximum Gasteiger partial charge on any atom is 0.414 e. The molecule has 3 aromatic carbocycles. The highest BCUT2D eigenvalue weighted by Gasteiger charge is 2.30. The number of nitrogens with one attached hydrogen (secondary N) is 1. The second-order valence-corrected chi connectivity index (χ2v) is 8.08. The molecule has 3 N–H and O–H groups in total. The summed E-state index contributed by atoms with van der Waals surface area (Å²) < 4.78 is 17.5. The number of carbonyl (C=O) groups is 3. The number of aliphatic carboxylic acids is 1. The van der Waals surface area contributed by atoms with Crippen LogP contribution in [-0.2, 0) is 9.53 Å². The molecule has 0 unspecified atom stereocenters. The summed E-state index contributed by atoms with van der Waals surface area (Å²) in [6.45, 7) is -0.102. The van der Waals surface area contributed by atoms with Gasteiger partial charge in [0.25, 0.3) is 5.91 Å². The highest BCUT2D eigenvalue weighted by atomic mass is 16.6. The van der Waals surface area contributed by atoms with Crippen LogP contribution in [0.25, 0.3) is 0 Å². The number of carboxylic acids is 1. The minimum Gasteiger partial charge on any atom is -0.491 e. The van der Waals surface area contributed by atoms with Crippen LogP contribution < -0.4 is 14.8 Å². The summed E-state index contributed by atoms with van der Waals surface area (Å²) in [4.78, 5) is 36.3. The first-order valence-corrected chi connectivity index (χ1v) is 12.0. The number of hydrogen-bond donors (Lipinski definition) is 3. The number of aliphatic hydroxyl groups excluding tert-OH is 1. The highest BCUT2D eigenvalue weighted by molar-refractivity contribution is 6.02. The van der Waals surface area contributed by atoms with Crippen molar-refractivity contribution in [1.29, 1.82) is 0 Å². The van der Waals surface area contributed by atoms with Crippen LogP contribution in [0.3, 0.4) is 0 Å². The van der Waals surface area contributed by atoms with Crippen molar-refractivity contribution in [2.45, 2.75) is 25.0 Å². The molecule has 9 heteroatoms. The quantitative estimate of drug-likeness (QED) is 0.281. The molecule has 9 nitrogen and oxygen atoms in total. The van der Waals surface area contributed by atoms with E-state index in [1.807, 2.05) is 6.07 Å². The van der Waals surface area contributed by atoms with Crippen LogP contribution in [0, 0.1) is 0 Å². The molecule has 0 saturated heterocycles. The summed E-state index contributed by atoms with van der Waals surface area (Å²) in [6, 6.07) is 23.9. The van der Waals surface area contributed by atoms with Crippen LogP contribution in [0.1, 0.15) is 34.9 Å². The molecule has 0 heterocycles. The van der Waals surface area contributed by atoms with E-state index in [9.17, 15) is 14.4 Å². The molecule has 0 aliphatic heterocycles. The van der Waals surface area contributed by atoms with Crippen molar-refractivity contribution in [3.05, 3.63) is 108 Å². The molecule has 2 amide bonds. The molecule has 38 heavy (non-hydrogen) atoms. The van der Waals surface area contributed by atoms with Crippen LogP contribution in [0.5, 0.6) is 11.5 Å². The molecule has 3 rings (SSSR count). The highest BCUT2D eigenvalue weighted by Crippen LogP contribution is 2.31. The molecule has 0 aliphatic carbocycles. The summed E-state index contributed by atoms with van der Waals surface area (Å²) in [5, 5.41) is 20.3. The Morgan fingerprint density at radius 3 is 2.26 bits per heavy atom. The van der Waals surface area contributed by atoms with Crippen molar-refractivity contribution in [1.82, 2.24) is 5.32 Å². The van der Waals surface area contributed by atoms with Gasteiger partial charge in [0.1, 0.15) is 24.2 Å². The van der Waals surface area contributed by atoms with E-state index in [0.717, 1.165) is 6.08 Å². The molecule has 0 bridgehead atoms. The van der Waals surface area contributed by atoms with Crippen molar-refractivity contribution >= 4 is 18.0 Å². The average molecular weight is 520 g/mol. The van der Waals surface area contributed by atoms with Gasteiger partial charge in [-0.15, -0.1) is 0 Å². The zero-order valence-corrected chi connectivity index (χ0v) is 20.6. The zero-order chi connectivity index (χ0) is 27.2. The maximum atomic E-state index is 12.9. The molecule has 0 spiro atoms. The lowest BCUT2D eigenvalue weighted by Gasteiger charge is -2.28. The number of carbonyl (C=O) groups excluding carboxylic acids is 2. The SMILES string of the molecule is O=C(O)/C=C/CC[C@@H](Oc1ccccc1)[C@H](OC(=O)NC(=O)c1ccccc1)c1cccc(OCCO)c1. The first-order valence-electron chi connectivity index (χ1n) is 12.0. The largest absolute Gasteiger partial charge is 0.491 e. The topological polar surface area (TPSA) is 131 Å². The van der Waals surface area contributed by atoms with Crippen LogP contribution in [0.4, 0.5) is 4.79 Å². The van der Waals surface area contributed by atoms with Gasteiger partial charge in [0.05, 0.1) is 6.61 Å². The number of carboxylic acid groups (broad SMARTS) is 1. The Morgan fingerprint density at radius 1 is 0.895 bits per heavy atom. The number of allylic oxidation sites excluding steroid dienone is 1. The monoisotopic (exact) mass is 519 g/mol. The van der Waals surface area contributed by atoms with Crippen molar-refractivity contribution in [3.8, 4) is 11.5 Å². The zero-order valence-electron chi connectivity index (χ0n) is 20.6. The number of alkyl carbamates (subject to hydrolysis) is 1. The van der Waals surface area contributed by atoms with Crippen molar-refractivity contribution in [3.63, 3.8) is 0 Å². The number of aliphatic hydroxyl groups is 1. The molecule has 3 aromatic rings. The van der Waals surface area contributed by atoms with E-state index >= 15 is 0 Å². The lowest BCUT2D eigenvalue weighted by molar-refractivity contribution is -0.131. The average Bonchev–Trinajstić information content (AvgIpc) is 2.93. The number of amides is 2. The summed E-state index contributed by atoms with van der Waals surface area (Å²) in [6.07, 6.45) is 0.370. The number of ether oxygens (including phenoxy) is 3. The fourth-order valence-electron chi connectivity index (χ4n) is 3.59. The Kier molecular flexibility index (Phi) is 10.9. The van der Waals surface area contributed by atoms with E-state index in [-0.39, 0.29) is 25.2 Å². The number of imide groups is 1. The molecule has 198 valence electrons. The van der Waals surface area contributed by atoms with Crippen LogP contribution in [0.15, 0.2) is 97.1 Å². The third-order valence-corrected chi connectivity index (χ3v) is 5.28. The summed E-state index contributed by atoms with van der Waals surface area (Å²) in [5.41, 5.74) is 0.808. The number of benzene rings is 3. The Hall–Kier alpha value is -4.63. The van der Waals surface area contributed by atoms with Gasteiger partial charge < -0.3 is 24.4 Å². The summed E-state index contributed by atoms with van der Waals surface area (Å²) >= 11 is 0. The third-order valence-electron chi connectivity index (χ3n) is 5.28. The lowest BCUT2D eigenvalue weighted by Crippen LogP contribution is -2.36. The van der Waals surface area contributed by atoms with Gasteiger partial charge in [0.2, 0.25) is 0 Å². The van der Waals surface area contributed by atoms with Crippen LogP contribution in [-0.4, -0.2) is 47.5 Å². The molecule has 0 saturated carbocycles. The van der Waals surface area contributed by atoms with Gasteiger partial charge in [-0.3, -0.25) is 10.1 Å². The molecule has 0 radical (unpaired) electrons. The van der Waals surface area contributed by atoms with E-state index in [1.165, 1.54) is 6.08 Å². The van der Waals surface area contributed by atoms with Gasteiger partial charge >= 0.3 is 12.1 Å². The predicted octanol–water partition coefficient (Wildman–Crippen LogP) is 4.53. The number of para-hydroxylation sites is 1. The second kappa shape index (κ2) is 14.8. The van der Waals surface area contributed by atoms with Crippen molar-refractivity contribution in [2.75, 3.05) is 13.2 Å². The van der Waals surface area contributed by atoms with E-state index in [0.29, 0.717) is 23.5 Å². The van der Waals surface area contributed by atoms with E-state index in [4.69, 9.17) is 24.4 Å². The molecule has 2 atom stereocenters. The Labute approximate surface area is 220 Å². The van der Waals surface area contributed by atoms with E-state index in [2.05, 4.69) is 5.32 Å². The van der Waals surface area contributed by atoms with Crippen LogP contribution in [0.2, 0.25) is 0 Å². The van der Waals surface area contributed by atoms with E-state index < -0.39 is 30.2 Å². The fourth-order valence-corrected chi connectivity index (χ4v) is 3.59. The van der Waals surface area contributed by atoms with Crippen LogP contribution >= 0.6 is 0 Å². The van der Waals surface area contributed by atoms with Gasteiger partial charge in [-0.25, -0.2) is 9.59 Å². The normalized spacial score (nSPS) is 12.3. The Balaban J connectivity index is 1.90. The third kappa shape index (κ3) is 9.11. The molecule has 0 aliphatic rings. The van der Waals surface area contributed by atoms with Gasteiger partial charge in [-0.05, 0) is 54.8 Å². The van der Waals surface area contributed by atoms with Crippen molar-refractivity contribution in [2.24, 2.45) is 0 Å². The molecule has 0 aromatic heterocycles.